The van der Waals surface area contributed by atoms with Gasteiger partial charge >= 0.3 is 0 Å². The molecule has 25 heavy (non-hydrogen) atoms. The number of halogens is 3. The summed E-state index contributed by atoms with van der Waals surface area (Å²) in [5.41, 5.74) is 0.224. The van der Waals surface area contributed by atoms with E-state index >= 15 is 0 Å². The average molecular weight is 387 g/mol. The molecule has 0 radical (unpaired) electrons. The predicted octanol–water partition coefficient (Wildman–Crippen LogP) is 4.30. The molecule has 0 heterocycles. The largest absolute Gasteiger partial charge is 0.484 e. The number of rotatable bonds is 6. The van der Waals surface area contributed by atoms with Crippen LogP contribution in [0.3, 0.4) is 0 Å². The lowest BCUT2D eigenvalue weighted by Crippen LogP contribution is -2.31. The van der Waals surface area contributed by atoms with Crippen LogP contribution in [0.2, 0.25) is 10.0 Å². The highest BCUT2D eigenvalue weighted by Crippen LogP contribution is 2.28. The second-order valence-corrected chi connectivity index (χ2v) is 5.93. The quantitative estimate of drug-likeness (QED) is 0.455. The van der Waals surface area contributed by atoms with Gasteiger partial charge in [0.2, 0.25) is 0 Å². The van der Waals surface area contributed by atoms with Gasteiger partial charge in [-0.3, -0.25) is 14.9 Å². The fourth-order valence-electron chi connectivity index (χ4n) is 2.07. The minimum absolute atomic E-state index is 0.110. The molecule has 132 valence electrons. The number of carbonyl (C=O) groups excluding carboxylic acids is 1. The summed E-state index contributed by atoms with van der Waals surface area (Å²) in [4.78, 5) is 22.1. The Bertz CT molecular complexity index is 817. The third kappa shape index (κ3) is 5.04. The Hall–Kier alpha value is -2.38. The Balaban J connectivity index is 1.97. The van der Waals surface area contributed by atoms with E-state index < -0.39 is 22.7 Å². The van der Waals surface area contributed by atoms with Crippen LogP contribution in [-0.2, 0) is 4.79 Å². The van der Waals surface area contributed by atoms with Crippen molar-refractivity contribution in [3.05, 3.63) is 67.9 Å². The smallest absolute Gasteiger partial charge is 0.273 e. The molecule has 2 aromatic rings. The molecule has 1 atom stereocenters. The van der Waals surface area contributed by atoms with Crippen LogP contribution in [0.15, 0.2) is 36.4 Å². The maximum atomic E-state index is 13.5. The first-order chi connectivity index (χ1) is 11.8. The first-order valence-corrected chi connectivity index (χ1v) is 7.84. The maximum Gasteiger partial charge on any atom is 0.273 e. The summed E-state index contributed by atoms with van der Waals surface area (Å²) in [6.45, 7) is 1.26. The van der Waals surface area contributed by atoms with Crippen LogP contribution < -0.4 is 10.1 Å². The average Bonchev–Trinajstić information content (AvgIpc) is 2.56. The van der Waals surface area contributed by atoms with Crippen LogP contribution in [0.5, 0.6) is 5.75 Å². The van der Waals surface area contributed by atoms with Crippen molar-refractivity contribution in [3.63, 3.8) is 0 Å². The molecule has 1 unspecified atom stereocenters. The number of nitro groups is 1. The van der Waals surface area contributed by atoms with Gasteiger partial charge in [0.15, 0.2) is 6.61 Å². The van der Waals surface area contributed by atoms with E-state index in [2.05, 4.69) is 5.32 Å². The van der Waals surface area contributed by atoms with E-state index in [0.29, 0.717) is 5.56 Å². The molecule has 0 aromatic heterocycles. The van der Waals surface area contributed by atoms with E-state index in [-0.39, 0.29) is 28.1 Å². The Morgan fingerprint density at radius 1 is 1.32 bits per heavy atom. The van der Waals surface area contributed by atoms with Gasteiger partial charge < -0.3 is 10.1 Å². The highest BCUT2D eigenvalue weighted by atomic mass is 35.5. The number of nitrogens with one attached hydrogen (secondary N) is 1. The lowest BCUT2D eigenvalue weighted by atomic mass is 10.1. The molecule has 0 saturated heterocycles. The Labute approximate surface area is 152 Å². The van der Waals surface area contributed by atoms with Gasteiger partial charge in [0.05, 0.1) is 22.1 Å². The maximum absolute atomic E-state index is 13.5. The summed E-state index contributed by atoms with van der Waals surface area (Å²) >= 11 is 11.6. The predicted molar refractivity (Wildman–Crippen MR) is 91.6 cm³/mol. The minimum Gasteiger partial charge on any atom is -0.484 e. The summed E-state index contributed by atoms with van der Waals surface area (Å²) in [5, 5.41) is 13.4. The van der Waals surface area contributed by atoms with Crippen molar-refractivity contribution in [2.75, 3.05) is 6.61 Å². The zero-order valence-electron chi connectivity index (χ0n) is 13.0. The van der Waals surface area contributed by atoms with E-state index in [1.165, 1.54) is 30.3 Å². The van der Waals surface area contributed by atoms with Crippen molar-refractivity contribution in [2.24, 2.45) is 0 Å². The van der Waals surface area contributed by atoms with Gasteiger partial charge in [-0.1, -0.05) is 29.3 Å². The molecule has 0 saturated carbocycles. The van der Waals surface area contributed by atoms with Gasteiger partial charge in [-0.05, 0) is 30.7 Å². The van der Waals surface area contributed by atoms with Gasteiger partial charge in [-0.15, -0.1) is 0 Å². The number of hydrogen-bond acceptors (Lipinski definition) is 4. The van der Waals surface area contributed by atoms with Crippen molar-refractivity contribution in [1.29, 1.82) is 0 Å². The fourth-order valence-corrected chi connectivity index (χ4v) is 2.61. The number of carbonyl (C=O) groups is 1. The highest BCUT2D eigenvalue weighted by Gasteiger charge is 2.16. The van der Waals surface area contributed by atoms with Crippen LogP contribution in [0.4, 0.5) is 10.1 Å². The number of nitrogens with zero attached hydrogens (tertiary/aromatic N) is 1. The number of ether oxygens (including phenoxy) is 1. The van der Waals surface area contributed by atoms with Gasteiger partial charge in [0.25, 0.3) is 11.6 Å². The number of benzene rings is 2. The van der Waals surface area contributed by atoms with Gasteiger partial charge in [-0.2, -0.15) is 0 Å². The molecule has 2 rings (SSSR count). The van der Waals surface area contributed by atoms with Gasteiger partial charge in [0, 0.05) is 11.1 Å². The van der Waals surface area contributed by atoms with E-state index in [1.54, 1.807) is 6.92 Å². The standard InChI is InChI=1S/C16H13Cl2FN2O4/c1-9(12-6-15(19)14(18)7-13(12)17)20-16(22)8-25-11-4-2-3-10(5-11)21(23)24/h2-7,9H,8H2,1H3,(H,20,22). The van der Waals surface area contributed by atoms with Crippen molar-refractivity contribution >= 4 is 34.8 Å². The van der Waals surface area contributed by atoms with Crippen LogP contribution >= 0.6 is 23.2 Å². The highest BCUT2D eigenvalue weighted by molar-refractivity contribution is 6.35. The Morgan fingerprint density at radius 3 is 2.72 bits per heavy atom. The topological polar surface area (TPSA) is 81.5 Å². The zero-order chi connectivity index (χ0) is 18.6. The third-order valence-electron chi connectivity index (χ3n) is 3.28. The summed E-state index contributed by atoms with van der Waals surface area (Å²) in [6, 6.07) is 7.29. The molecule has 0 bridgehead atoms. The lowest BCUT2D eigenvalue weighted by Gasteiger charge is -2.16. The van der Waals surface area contributed by atoms with Crippen LogP contribution in [0.25, 0.3) is 0 Å². The first-order valence-electron chi connectivity index (χ1n) is 7.09. The molecule has 0 aliphatic carbocycles. The van der Waals surface area contributed by atoms with Crippen LogP contribution in [-0.4, -0.2) is 17.4 Å². The van der Waals surface area contributed by atoms with Crippen molar-refractivity contribution < 1.29 is 18.8 Å². The molecule has 9 heteroatoms. The van der Waals surface area contributed by atoms with Crippen LogP contribution in [0, 0.1) is 15.9 Å². The van der Waals surface area contributed by atoms with Gasteiger partial charge in [-0.25, -0.2) is 4.39 Å². The molecular formula is C16H13Cl2FN2O4. The summed E-state index contributed by atoms with van der Waals surface area (Å²) in [6.07, 6.45) is 0. The number of hydrogen-bond donors (Lipinski definition) is 1. The first kappa shape index (κ1) is 19.0. The lowest BCUT2D eigenvalue weighted by molar-refractivity contribution is -0.384. The normalized spacial score (nSPS) is 11.7. The minimum atomic E-state index is -0.644. The molecule has 0 aliphatic heterocycles. The van der Waals surface area contributed by atoms with E-state index in [9.17, 15) is 19.3 Å². The van der Waals surface area contributed by atoms with E-state index in [0.717, 1.165) is 6.07 Å². The summed E-state index contributed by atoms with van der Waals surface area (Å²) in [5.74, 6) is -0.951. The van der Waals surface area contributed by atoms with Crippen LogP contribution in [0.1, 0.15) is 18.5 Å². The second-order valence-electron chi connectivity index (χ2n) is 5.12. The zero-order valence-corrected chi connectivity index (χ0v) is 14.5. The van der Waals surface area contributed by atoms with Crippen molar-refractivity contribution in [3.8, 4) is 5.75 Å². The molecule has 2 aromatic carbocycles. The third-order valence-corrected chi connectivity index (χ3v) is 3.90. The van der Waals surface area contributed by atoms with Crippen molar-refractivity contribution in [2.45, 2.75) is 13.0 Å². The molecule has 1 N–H and O–H groups in total. The molecule has 0 aliphatic rings. The SMILES string of the molecule is CC(NC(=O)COc1cccc([N+](=O)[O-])c1)c1cc(F)c(Cl)cc1Cl. The fraction of sp³-hybridized carbons (Fsp3) is 0.188. The van der Waals surface area contributed by atoms with Gasteiger partial charge in [0.1, 0.15) is 11.6 Å². The van der Waals surface area contributed by atoms with E-state index in [4.69, 9.17) is 27.9 Å². The van der Waals surface area contributed by atoms with E-state index in [1.807, 2.05) is 0 Å². The molecule has 6 nitrogen and oxygen atoms in total. The molecule has 1 amide bonds. The molecule has 0 spiro atoms. The molecular weight excluding hydrogens is 374 g/mol. The number of amides is 1. The van der Waals surface area contributed by atoms with Crippen molar-refractivity contribution in [1.82, 2.24) is 5.32 Å². The Kier molecular flexibility index (Phi) is 6.17. The summed E-state index contributed by atoms with van der Waals surface area (Å²) in [7, 11) is 0. The summed E-state index contributed by atoms with van der Waals surface area (Å²) < 4.78 is 18.8. The Morgan fingerprint density at radius 2 is 2.04 bits per heavy atom. The number of nitro benzene ring substituents is 1. The second kappa shape index (κ2) is 8.13. The molecule has 0 fully saturated rings. The monoisotopic (exact) mass is 386 g/mol. The number of non-ortho nitro benzene ring substituents is 1.